The number of nitrogen functional groups attached to an aromatic ring is 1. The van der Waals surface area contributed by atoms with Gasteiger partial charge in [-0.3, -0.25) is 5.43 Å². The van der Waals surface area contributed by atoms with Crippen LogP contribution in [-0.2, 0) is 0 Å². The van der Waals surface area contributed by atoms with Crippen LogP contribution in [0.15, 0.2) is 0 Å². The Labute approximate surface area is 93.0 Å². The lowest BCUT2D eigenvalue weighted by Crippen LogP contribution is -2.22. The summed E-state index contributed by atoms with van der Waals surface area (Å²) in [4.78, 5) is 13.6. The average molecular weight is 223 g/mol. The summed E-state index contributed by atoms with van der Waals surface area (Å²) in [6, 6.07) is 2.21. The third-order valence-corrected chi connectivity index (χ3v) is 1.82. The van der Waals surface area contributed by atoms with Gasteiger partial charge in [-0.25, -0.2) is 5.84 Å². The highest BCUT2D eigenvalue weighted by Gasteiger charge is 2.09. The van der Waals surface area contributed by atoms with E-state index in [4.69, 9.17) is 15.8 Å². The predicted molar refractivity (Wildman–Crippen MR) is 57.7 cm³/mol. The molecule has 3 N–H and O–H groups in total. The molecule has 8 nitrogen and oxygen atoms in total. The van der Waals surface area contributed by atoms with Crippen LogP contribution in [0, 0.1) is 11.3 Å². The first kappa shape index (κ1) is 11.9. The fourth-order valence-corrected chi connectivity index (χ4v) is 0.990. The van der Waals surface area contributed by atoms with Gasteiger partial charge < -0.3 is 9.64 Å². The maximum atomic E-state index is 8.48. The quantitative estimate of drug-likeness (QED) is 0.508. The van der Waals surface area contributed by atoms with Gasteiger partial charge in [0.15, 0.2) is 0 Å². The Balaban J connectivity index is 2.90. The third-order valence-electron chi connectivity index (χ3n) is 1.82. The molecule has 86 valence electrons. The molecule has 1 aromatic rings. The van der Waals surface area contributed by atoms with Crippen molar-refractivity contribution >= 4 is 11.9 Å². The van der Waals surface area contributed by atoms with Gasteiger partial charge in [0.2, 0.25) is 11.9 Å². The number of rotatable bonds is 5. The van der Waals surface area contributed by atoms with Crippen LogP contribution in [-0.4, -0.2) is 35.7 Å². The van der Waals surface area contributed by atoms with Gasteiger partial charge in [-0.15, -0.1) is 0 Å². The summed E-state index contributed by atoms with van der Waals surface area (Å²) in [5.41, 5.74) is 2.32. The smallest absolute Gasteiger partial charge is 0.322 e. The molecular weight excluding hydrogens is 210 g/mol. The van der Waals surface area contributed by atoms with E-state index in [9.17, 15) is 0 Å². The van der Waals surface area contributed by atoms with Crippen LogP contribution in [0.2, 0.25) is 0 Å². The molecule has 0 aliphatic carbocycles. The molecule has 1 rings (SSSR count). The van der Waals surface area contributed by atoms with Crippen molar-refractivity contribution in [2.24, 2.45) is 5.84 Å². The first-order chi connectivity index (χ1) is 7.71. The van der Waals surface area contributed by atoms with Crippen molar-refractivity contribution in [3.63, 3.8) is 0 Å². The van der Waals surface area contributed by atoms with Crippen LogP contribution in [0.4, 0.5) is 11.9 Å². The Morgan fingerprint density at radius 3 is 2.81 bits per heavy atom. The number of aromatic nitrogens is 3. The maximum absolute atomic E-state index is 8.48. The lowest BCUT2D eigenvalue weighted by Gasteiger charge is -2.15. The number of nitriles is 1. The van der Waals surface area contributed by atoms with Crippen molar-refractivity contribution in [1.82, 2.24) is 15.0 Å². The summed E-state index contributed by atoms with van der Waals surface area (Å²) in [7, 11) is 3.22. The SMILES string of the molecule is COc1nc(NN)nc(N(C)CCC#N)n1. The summed E-state index contributed by atoms with van der Waals surface area (Å²) < 4.78 is 4.90. The molecule has 0 saturated heterocycles. The van der Waals surface area contributed by atoms with Crippen LogP contribution in [0.1, 0.15) is 6.42 Å². The van der Waals surface area contributed by atoms with Gasteiger partial charge in [-0.2, -0.15) is 20.2 Å². The molecule has 16 heavy (non-hydrogen) atoms. The molecule has 1 heterocycles. The number of hydrazine groups is 1. The van der Waals surface area contributed by atoms with E-state index in [1.807, 2.05) is 6.07 Å². The number of hydrogen-bond acceptors (Lipinski definition) is 8. The Kier molecular flexibility index (Phi) is 4.23. The Morgan fingerprint density at radius 2 is 2.25 bits per heavy atom. The van der Waals surface area contributed by atoms with Crippen LogP contribution in [0.3, 0.4) is 0 Å². The third kappa shape index (κ3) is 2.93. The summed E-state index contributed by atoms with van der Waals surface area (Å²) in [5, 5.41) is 8.48. The topological polar surface area (TPSA) is 113 Å². The van der Waals surface area contributed by atoms with E-state index in [0.29, 0.717) is 18.9 Å². The molecule has 0 aliphatic rings. The maximum Gasteiger partial charge on any atom is 0.322 e. The van der Waals surface area contributed by atoms with E-state index in [1.165, 1.54) is 7.11 Å². The Morgan fingerprint density at radius 1 is 1.50 bits per heavy atom. The monoisotopic (exact) mass is 223 g/mol. The lowest BCUT2D eigenvalue weighted by molar-refractivity contribution is 0.379. The van der Waals surface area contributed by atoms with Crippen molar-refractivity contribution < 1.29 is 4.74 Å². The zero-order chi connectivity index (χ0) is 12.0. The van der Waals surface area contributed by atoms with Gasteiger partial charge in [-0.05, 0) is 0 Å². The van der Waals surface area contributed by atoms with E-state index in [0.717, 1.165) is 0 Å². The first-order valence-corrected chi connectivity index (χ1v) is 4.56. The number of anilines is 2. The predicted octanol–water partition coefficient (Wildman–Crippen LogP) is -0.484. The molecule has 0 saturated carbocycles. The molecular formula is C8H13N7O. The molecule has 0 atom stereocenters. The fraction of sp³-hybridized carbons (Fsp3) is 0.500. The van der Waals surface area contributed by atoms with E-state index in [1.54, 1.807) is 11.9 Å². The molecule has 0 aromatic carbocycles. The van der Waals surface area contributed by atoms with Gasteiger partial charge in [0.05, 0.1) is 19.6 Å². The van der Waals surface area contributed by atoms with Crippen molar-refractivity contribution in [2.75, 3.05) is 31.0 Å². The second kappa shape index (κ2) is 5.67. The summed E-state index contributed by atoms with van der Waals surface area (Å²) in [6.07, 6.45) is 0.385. The number of ether oxygens (including phenoxy) is 1. The Bertz CT molecular complexity index is 366. The standard InChI is InChI=1S/C8H13N7O/c1-15(5-3-4-9)7-11-6(14-10)12-8(13-7)16-2/h3,5,10H2,1-2H3,(H,11,12,13,14). The minimum atomic E-state index is 0.168. The van der Waals surface area contributed by atoms with Gasteiger partial charge >= 0.3 is 6.01 Å². The number of nitrogens with two attached hydrogens (primary N) is 1. The zero-order valence-corrected chi connectivity index (χ0v) is 9.14. The van der Waals surface area contributed by atoms with E-state index < -0.39 is 0 Å². The second-order valence-corrected chi connectivity index (χ2v) is 2.92. The minimum absolute atomic E-state index is 0.168. The largest absolute Gasteiger partial charge is 0.467 e. The van der Waals surface area contributed by atoms with Crippen molar-refractivity contribution in [3.8, 4) is 12.1 Å². The summed E-state index contributed by atoms with van der Waals surface area (Å²) in [6.45, 7) is 0.522. The van der Waals surface area contributed by atoms with Crippen LogP contribution in [0.5, 0.6) is 6.01 Å². The molecule has 0 fully saturated rings. The molecule has 0 bridgehead atoms. The van der Waals surface area contributed by atoms with Crippen molar-refractivity contribution in [2.45, 2.75) is 6.42 Å². The fourth-order valence-electron chi connectivity index (χ4n) is 0.990. The number of nitrogens with one attached hydrogen (secondary N) is 1. The molecule has 0 spiro atoms. The van der Waals surface area contributed by atoms with E-state index in [2.05, 4.69) is 20.4 Å². The molecule has 0 unspecified atom stereocenters. The highest BCUT2D eigenvalue weighted by atomic mass is 16.5. The molecule has 0 aliphatic heterocycles. The van der Waals surface area contributed by atoms with Crippen molar-refractivity contribution in [1.29, 1.82) is 5.26 Å². The highest BCUT2D eigenvalue weighted by Crippen LogP contribution is 2.12. The summed E-state index contributed by atoms with van der Waals surface area (Å²) in [5.74, 6) is 5.83. The second-order valence-electron chi connectivity index (χ2n) is 2.92. The molecule has 1 aromatic heterocycles. The van der Waals surface area contributed by atoms with Crippen LogP contribution < -0.4 is 20.9 Å². The summed E-state index contributed by atoms with van der Waals surface area (Å²) >= 11 is 0. The zero-order valence-electron chi connectivity index (χ0n) is 9.14. The average Bonchev–Trinajstić information content (AvgIpc) is 2.35. The molecule has 0 amide bonds. The highest BCUT2D eigenvalue weighted by molar-refractivity contribution is 5.36. The van der Waals surface area contributed by atoms with Gasteiger partial charge in [-0.1, -0.05) is 0 Å². The van der Waals surface area contributed by atoms with Crippen LogP contribution in [0.25, 0.3) is 0 Å². The molecule has 8 heteroatoms. The van der Waals surface area contributed by atoms with Gasteiger partial charge in [0.1, 0.15) is 0 Å². The minimum Gasteiger partial charge on any atom is -0.467 e. The number of methoxy groups -OCH3 is 1. The van der Waals surface area contributed by atoms with Gasteiger partial charge in [0, 0.05) is 13.6 Å². The van der Waals surface area contributed by atoms with E-state index >= 15 is 0 Å². The van der Waals surface area contributed by atoms with Crippen LogP contribution >= 0.6 is 0 Å². The van der Waals surface area contributed by atoms with Gasteiger partial charge in [0.25, 0.3) is 0 Å². The Hall–Kier alpha value is -2.14. The normalized spacial score (nSPS) is 9.38. The van der Waals surface area contributed by atoms with Crippen molar-refractivity contribution in [3.05, 3.63) is 0 Å². The lowest BCUT2D eigenvalue weighted by atomic mass is 10.4. The number of hydrogen-bond donors (Lipinski definition) is 2. The number of nitrogens with zero attached hydrogens (tertiary/aromatic N) is 5. The molecule has 0 radical (unpaired) electrons. The first-order valence-electron chi connectivity index (χ1n) is 4.56. The van der Waals surface area contributed by atoms with E-state index in [-0.39, 0.29) is 12.0 Å².